The maximum absolute atomic E-state index is 12.8. The molecule has 156 valence electrons. The van der Waals surface area contributed by atoms with E-state index < -0.39 is 35.7 Å². The zero-order chi connectivity index (χ0) is 21.9. The normalized spacial score (nSPS) is 17.3. The molecular weight excluding hydrogens is 397 g/mol. The number of halogens is 3. The average Bonchev–Trinajstić information content (AvgIpc) is 2.72. The molecule has 1 aliphatic rings. The maximum Gasteiger partial charge on any atom is 0.433 e. The van der Waals surface area contributed by atoms with E-state index in [0.29, 0.717) is 17.4 Å². The van der Waals surface area contributed by atoms with Gasteiger partial charge in [-0.25, -0.2) is 4.99 Å². The highest BCUT2D eigenvalue weighted by atomic mass is 19.4. The summed E-state index contributed by atoms with van der Waals surface area (Å²) in [5.74, 6) is -2.76. The minimum atomic E-state index is -4.75. The van der Waals surface area contributed by atoms with Gasteiger partial charge in [0.05, 0.1) is 13.2 Å². The molecule has 0 spiro atoms. The number of nitrogens with zero attached hydrogens (tertiary/aromatic N) is 1. The van der Waals surface area contributed by atoms with Gasteiger partial charge in [-0.15, -0.1) is 0 Å². The van der Waals surface area contributed by atoms with E-state index in [1.807, 2.05) is 31.2 Å². The molecule has 2 amide bonds. The number of ether oxygens (including phenoxy) is 1. The fraction of sp³-hybridized carbons (Fsp3) is 0.227. The van der Waals surface area contributed by atoms with Gasteiger partial charge in [-0.1, -0.05) is 48.0 Å². The minimum absolute atomic E-state index is 0.576. The second-order valence-corrected chi connectivity index (χ2v) is 6.80. The van der Waals surface area contributed by atoms with Crippen LogP contribution in [0.15, 0.2) is 65.7 Å². The Hall–Kier alpha value is -3.42. The van der Waals surface area contributed by atoms with Crippen molar-refractivity contribution in [2.24, 2.45) is 10.9 Å². The lowest BCUT2D eigenvalue weighted by molar-refractivity contribution is -0.132. The molecule has 0 aliphatic carbocycles. The molecule has 3 rings (SSSR count). The van der Waals surface area contributed by atoms with E-state index in [1.54, 1.807) is 24.3 Å². The zero-order valence-corrected chi connectivity index (χ0v) is 16.2. The first-order chi connectivity index (χ1) is 14.2. The Morgan fingerprint density at radius 2 is 1.83 bits per heavy atom. The van der Waals surface area contributed by atoms with Crippen LogP contribution in [0.2, 0.25) is 0 Å². The number of alkyl halides is 3. The van der Waals surface area contributed by atoms with Crippen molar-refractivity contribution in [2.75, 3.05) is 7.11 Å². The van der Waals surface area contributed by atoms with Crippen LogP contribution < -0.4 is 10.1 Å². The maximum atomic E-state index is 12.8. The SMILES string of the molecule is COc1cccc(C(NC(=O)C2C=CC(C(F)(F)F)=NC2=O)c2ccc(C)cc2)c1. The molecule has 0 saturated carbocycles. The smallest absolute Gasteiger partial charge is 0.433 e. The minimum Gasteiger partial charge on any atom is -0.497 e. The predicted molar refractivity (Wildman–Crippen MR) is 105 cm³/mol. The molecule has 1 aliphatic heterocycles. The molecule has 0 fully saturated rings. The highest BCUT2D eigenvalue weighted by Crippen LogP contribution is 2.27. The molecule has 2 unspecified atom stereocenters. The summed E-state index contributed by atoms with van der Waals surface area (Å²) in [4.78, 5) is 27.9. The van der Waals surface area contributed by atoms with E-state index in [0.717, 1.165) is 17.2 Å². The summed E-state index contributed by atoms with van der Waals surface area (Å²) in [6.45, 7) is 1.92. The number of rotatable bonds is 5. The molecule has 30 heavy (non-hydrogen) atoms. The van der Waals surface area contributed by atoms with Gasteiger partial charge in [-0.3, -0.25) is 9.59 Å². The molecule has 0 bridgehead atoms. The van der Waals surface area contributed by atoms with Crippen LogP contribution in [0.25, 0.3) is 0 Å². The van der Waals surface area contributed by atoms with Gasteiger partial charge in [0, 0.05) is 0 Å². The summed E-state index contributed by atoms with van der Waals surface area (Å²) in [7, 11) is 1.51. The van der Waals surface area contributed by atoms with Crippen molar-refractivity contribution in [1.82, 2.24) is 5.32 Å². The van der Waals surface area contributed by atoms with Crippen LogP contribution in [0, 0.1) is 12.8 Å². The molecule has 2 aromatic rings. The number of dihydropyridines is 1. The van der Waals surface area contributed by atoms with E-state index >= 15 is 0 Å². The van der Waals surface area contributed by atoms with E-state index in [2.05, 4.69) is 10.3 Å². The van der Waals surface area contributed by atoms with Gasteiger partial charge in [0.15, 0.2) is 0 Å². The lowest BCUT2D eigenvalue weighted by Gasteiger charge is -2.23. The third kappa shape index (κ3) is 4.76. The summed E-state index contributed by atoms with van der Waals surface area (Å²) in [5.41, 5.74) is 1.14. The Morgan fingerprint density at radius 3 is 2.43 bits per heavy atom. The number of hydrogen-bond donors (Lipinski definition) is 1. The van der Waals surface area contributed by atoms with E-state index in [9.17, 15) is 22.8 Å². The summed E-state index contributed by atoms with van der Waals surface area (Å²) >= 11 is 0. The first-order valence-electron chi connectivity index (χ1n) is 9.08. The standard InChI is InChI=1S/C22H19F3N2O3/c1-13-6-8-14(9-7-13)19(15-4-3-5-16(12-15)30-2)27-21(29)17-10-11-18(22(23,24)25)26-20(17)28/h3-12,17,19H,1-2H3,(H,27,29). The number of amides is 2. The van der Waals surface area contributed by atoms with E-state index in [1.165, 1.54) is 7.11 Å². The van der Waals surface area contributed by atoms with Crippen LogP contribution in [0.4, 0.5) is 13.2 Å². The number of allylic oxidation sites excluding steroid dienone is 1. The number of carbonyl (C=O) groups excluding carboxylic acids is 2. The Morgan fingerprint density at radius 1 is 1.13 bits per heavy atom. The zero-order valence-electron chi connectivity index (χ0n) is 16.2. The van der Waals surface area contributed by atoms with Crippen LogP contribution in [-0.2, 0) is 9.59 Å². The highest BCUT2D eigenvalue weighted by molar-refractivity contribution is 6.14. The quantitative estimate of drug-likeness (QED) is 0.752. The van der Waals surface area contributed by atoms with E-state index in [-0.39, 0.29) is 0 Å². The summed E-state index contributed by atoms with van der Waals surface area (Å²) in [6.07, 6.45) is -3.18. The lowest BCUT2D eigenvalue weighted by Crippen LogP contribution is -2.39. The third-order valence-electron chi connectivity index (χ3n) is 4.64. The second-order valence-electron chi connectivity index (χ2n) is 6.80. The molecule has 0 aromatic heterocycles. The van der Waals surface area contributed by atoms with Crippen molar-refractivity contribution in [1.29, 1.82) is 0 Å². The van der Waals surface area contributed by atoms with Gasteiger partial charge >= 0.3 is 6.18 Å². The van der Waals surface area contributed by atoms with Crippen molar-refractivity contribution < 1.29 is 27.5 Å². The average molecular weight is 416 g/mol. The Labute approximate surface area is 171 Å². The van der Waals surface area contributed by atoms with Crippen molar-refractivity contribution in [3.8, 4) is 5.75 Å². The summed E-state index contributed by atoms with van der Waals surface area (Å²) in [6, 6.07) is 13.8. The number of carbonyl (C=O) groups is 2. The van der Waals surface area contributed by atoms with Gasteiger partial charge in [-0.05, 0) is 36.3 Å². The van der Waals surface area contributed by atoms with Crippen molar-refractivity contribution >= 4 is 17.5 Å². The summed E-state index contributed by atoms with van der Waals surface area (Å²) < 4.78 is 43.5. The monoisotopic (exact) mass is 416 g/mol. The molecular formula is C22H19F3N2O3. The van der Waals surface area contributed by atoms with Crippen LogP contribution in [0.5, 0.6) is 5.75 Å². The van der Waals surface area contributed by atoms with Gasteiger partial charge in [-0.2, -0.15) is 13.2 Å². The van der Waals surface area contributed by atoms with Crippen LogP contribution in [0.1, 0.15) is 22.7 Å². The van der Waals surface area contributed by atoms with Crippen molar-refractivity contribution in [3.63, 3.8) is 0 Å². The summed E-state index contributed by atoms with van der Waals surface area (Å²) in [5, 5.41) is 2.76. The van der Waals surface area contributed by atoms with Crippen molar-refractivity contribution in [2.45, 2.75) is 19.1 Å². The molecule has 8 heteroatoms. The fourth-order valence-electron chi connectivity index (χ4n) is 3.02. The van der Waals surface area contributed by atoms with Gasteiger partial charge in [0.25, 0.3) is 5.91 Å². The number of nitrogens with one attached hydrogen (secondary N) is 1. The van der Waals surface area contributed by atoms with Gasteiger partial charge in [0.2, 0.25) is 5.91 Å². The van der Waals surface area contributed by atoms with Crippen molar-refractivity contribution in [3.05, 3.63) is 77.4 Å². The largest absolute Gasteiger partial charge is 0.497 e. The van der Waals surface area contributed by atoms with E-state index in [4.69, 9.17) is 4.74 Å². The number of aliphatic imine (C=N–C) groups is 1. The molecule has 2 atom stereocenters. The first kappa shape index (κ1) is 21.3. The molecule has 2 aromatic carbocycles. The van der Waals surface area contributed by atoms with Gasteiger partial charge in [0.1, 0.15) is 17.4 Å². The predicted octanol–water partition coefficient (Wildman–Crippen LogP) is 3.93. The third-order valence-corrected chi connectivity index (χ3v) is 4.64. The Balaban J connectivity index is 1.89. The number of methoxy groups -OCH3 is 1. The Bertz CT molecular complexity index is 1010. The number of aryl methyl sites for hydroxylation is 1. The van der Waals surface area contributed by atoms with Crippen LogP contribution in [0.3, 0.4) is 0 Å². The molecule has 0 saturated heterocycles. The molecule has 1 N–H and O–H groups in total. The lowest BCUT2D eigenvalue weighted by atomic mass is 9.96. The van der Waals surface area contributed by atoms with Gasteiger partial charge < -0.3 is 10.1 Å². The topological polar surface area (TPSA) is 67.8 Å². The first-order valence-corrected chi connectivity index (χ1v) is 9.08. The number of benzene rings is 2. The molecule has 1 heterocycles. The molecule has 0 radical (unpaired) electrons. The van der Waals surface area contributed by atoms with Crippen LogP contribution in [-0.4, -0.2) is 30.8 Å². The Kier molecular flexibility index (Phi) is 6.05. The second kappa shape index (κ2) is 8.52. The molecule has 5 nitrogen and oxygen atoms in total. The number of hydrogen-bond acceptors (Lipinski definition) is 3. The fourth-order valence-corrected chi connectivity index (χ4v) is 3.02. The highest BCUT2D eigenvalue weighted by Gasteiger charge is 2.39. The van der Waals surface area contributed by atoms with Crippen LogP contribution >= 0.6 is 0 Å².